The Kier molecular flexibility index (Phi) is 6.82. The number of hydrogen-bond acceptors (Lipinski definition) is 4. The number of carbonyl (C=O) groups excluding carboxylic acids is 2. The normalized spacial score (nSPS) is 19.5. The van der Waals surface area contributed by atoms with E-state index in [1.54, 1.807) is 17.3 Å². The molecule has 26 heavy (non-hydrogen) atoms. The molecule has 7 heteroatoms. The number of ether oxygens (including phenoxy) is 1. The summed E-state index contributed by atoms with van der Waals surface area (Å²) in [6.07, 6.45) is 8.09. The predicted molar refractivity (Wildman–Crippen MR) is 97.5 cm³/mol. The highest BCUT2D eigenvalue weighted by Gasteiger charge is 2.23. The van der Waals surface area contributed by atoms with E-state index in [-0.39, 0.29) is 18.0 Å². The predicted octanol–water partition coefficient (Wildman–Crippen LogP) is 1.78. The van der Waals surface area contributed by atoms with E-state index in [4.69, 9.17) is 4.74 Å². The maximum Gasteiger partial charge on any atom is 0.317 e. The lowest BCUT2D eigenvalue weighted by atomic mass is 10.2. The fraction of sp³-hybridized carbons (Fsp3) is 0.632. The Hall–Kier alpha value is -2.15. The van der Waals surface area contributed by atoms with Crippen molar-refractivity contribution >= 4 is 11.9 Å². The SMILES string of the molecule is O=C(CCNC(=O)N(Cc1ccncc1)C[C@H]1CCCO1)N1CCCC1. The quantitative estimate of drug-likeness (QED) is 0.804. The van der Waals surface area contributed by atoms with Gasteiger partial charge >= 0.3 is 6.03 Å². The first kappa shape index (κ1) is 18.6. The van der Waals surface area contributed by atoms with Gasteiger partial charge in [0.25, 0.3) is 0 Å². The van der Waals surface area contributed by atoms with Gasteiger partial charge in [0.15, 0.2) is 0 Å². The van der Waals surface area contributed by atoms with Crippen molar-refractivity contribution in [3.05, 3.63) is 30.1 Å². The minimum Gasteiger partial charge on any atom is -0.376 e. The second-order valence-electron chi connectivity index (χ2n) is 6.94. The molecular weight excluding hydrogens is 332 g/mol. The van der Waals surface area contributed by atoms with Crippen molar-refractivity contribution < 1.29 is 14.3 Å². The van der Waals surface area contributed by atoms with Gasteiger partial charge < -0.3 is 19.9 Å². The lowest BCUT2D eigenvalue weighted by molar-refractivity contribution is -0.129. The molecule has 2 saturated heterocycles. The Morgan fingerprint density at radius 2 is 2.00 bits per heavy atom. The lowest BCUT2D eigenvalue weighted by Gasteiger charge is -2.26. The third kappa shape index (κ3) is 5.42. The number of amides is 3. The number of carbonyl (C=O) groups is 2. The molecule has 0 aromatic carbocycles. The summed E-state index contributed by atoms with van der Waals surface area (Å²) in [7, 11) is 0. The smallest absolute Gasteiger partial charge is 0.317 e. The van der Waals surface area contributed by atoms with Crippen LogP contribution >= 0.6 is 0 Å². The highest BCUT2D eigenvalue weighted by molar-refractivity contribution is 5.78. The van der Waals surface area contributed by atoms with E-state index in [2.05, 4.69) is 10.3 Å². The third-order valence-electron chi connectivity index (χ3n) is 4.93. The van der Waals surface area contributed by atoms with E-state index >= 15 is 0 Å². The van der Waals surface area contributed by atoms with Crippen LogP contribution in [0.5, 0.6) is 0 Å². The number of aromatic nitrogens is 1. The van der Waals surface area contributed by atoms with Crippen LogP contribution in [0.25, 0.3) is 0 Å². The summed E-state index contributed by atoms with van der Waals surface area (Å²) in [6, 6.07) is 3.67. The van der Waals surface area contributed by atoms with Gasteiger partial charge in [-0.15, -0.1) is 0 Å². The van der Waals surface area contributed by atoms with E-state index < -0.39 is 0 Å². The molecule has 7 nitrogen and oxygen atoms in total. The highest BCUT2D eigenvalue weighted by atomic mass is 16.5. The molecule has 3 heterocycles. The minimum absolute atomic E-state index is 0.0915. The van der Waals surface area contributed by atoms with E-state index in [1.807, 2.05) is 17.0 Å². The van der Waals surface area contributed by atoms with E-state index in [1.165, 1.54) is 0 Å². The summed E-state index contributed by atoms with van der Waals surface area (Å²) in [5.41, 5.74) is 1.03. The zero-order chi connectivity index (χ0) is 18.2. The molecule has 0 bridgehead atoms. The first-order valence-corrected chi connectivity index (χ1v) is 9.53. The van der Waals surface area contributed by atoms with Crippen LogP contribution in [0.3, 0.4) is 0 Å². The Balaban J connectivity index is 1.50. The van der Waals surface area contributed by atoms with Crippen molar-refractivity contribution in [1.82, 2.24) is 20.1 Å². The Morgan fingerprint density at radius 1 is 1.23 bits per heavy atom. The summed E-state index contributed by atoms with van der Waals surface area (Å²) in [6.45, 7) is 3.90. The monoisotopic (exact) mass is 360 g/mol. The molecule has 1 aromatic rings. The van der Waals surface area contributed by atoms with Crippen LogP contribution in [0.15, 0.2) is 24.5 Å². The third-order valence-corrected chi connectivity index (χ3v) is 4.93. The molecule has 1 aromatic heterocycles. The maximum atomic E-state index is 12.7. The molecule has 3 rings (SSSR count). The van der Waals surface area contributed by atoms with Gasteiger partial charge in [-0.25, -0.2) is 4.79 Å². The molecule has 2 aliphatic heterocycles. The Labute approximate surface area is 154 Å². The molecule has 0 spiro atoms. The van der Waals surface area contributed by atoms with Crippen molar-refractivity contribution in [2.24, 2.45) is 0 Å². The average Bonchev–Trinajstić information content (AvgIpc) is 3.36. The van der Waals surface area contributed by atoms with Gasteiger partial charge in [-0.05, 0) is 43.4 Å². The molecule has 2 aliphatic rings. The van der Waals surface area contributed by atoms with Crippen molar-refractivity contribution in [2.75, 3.05) is 32.8 Å². The highest BCUT2D eigenvalue weighted by Crippen LogP contribution is 2.15. The van der Waals surface area contributed by atoms with Gasteiger partial charge in [-0.3, -0.25) is 9.78 Å². The topological polar surface area (TPSA) is 74.8 Å². The first-order chi connectivity index (χ1) is 12.7. The largest absolute Gasteiger partial charge is 0.376 e. The van der Waals surface area contributed by atoms with Crippen molar-refractivity contribution in [2.45, 2.75) is 44.8 Å². The van der Waals surface area contributed by atoms with Crippen LogP contribution in [-0.2, 0) is 16.1 Å². The van der Waals surface area contributed by atoms with Crippen molar-refractivity contribution in [1.29, 1.82) is 0 Å². The number of nitrogens with one attached hydrogen (secondary N) is 1. The van der Waals surface area contributed by atoms with Gasteiger partial charge in [0.2, 0.25) is 5.91 Å². The summed E-state index contributed by atoms with van der Waals surface area (Å²) in [4.78, 5) is 32.4. The number of rotatable bonds is 7. The Bertz CT molecular complexity index is 584. The maximum absolute atomic E-state index is 12.7. The molecular formula is C19H28N4O3. The van der Waals surface area contributed by atoms with Crippen LogP contribution < -0.4 is 5.32 Å². The zero-order valence-corrected chi connectivity index (χ0v) is 15.2. The van der Waals surface area contributed by atoms with Crippen LogP contribution in [0.2, 0.25) is 0 Å². The second-order valence-corrected chi connectivity index (χ2v) is 6.94. The van der Waals surface area contributed by atoms with E-state index in [9.17, 15) is 9.59 Å². The fourth-order valence-corrected chi connectivity index (χ4v) is 3.47. The second kappa shape index (κ2) is 9.52. The number of hydrogen-bond donors (Lipinski definition) is 1. The zero-order valence-electron chi connectivity index (χ0n) is 15.2. The van der Waals surface area contributed by atoms with Crippen molar-refractivity contribution in [3.8, 4) is 0 Å². The minimum atomic E-state index is -0.147. The standard InChI is InChI=1S/C19H28N4O3/c24-18(22-11-1-2-12-22)7-10-21-19(25)23(15-17-4-3-13-26-17)14-16-5-8-20-9-6-16/h5-6,8-9,17H,1-4,7,10-15H2,(H,21,25)/t17-/m1/s1. The van der Waals surface area contributed by atoms with Gasteiger partial charge in [0.1, 0.15) is 0 Å². The first-order valence-electron chi connectivity index (χ1n) is 9.53. The summed E-state index contributed by atoms with van der Waals surface area (Å²) in [5.74, 6) is 0.127. The van der Waals surface area contributed by atoms with Crippen molar-refractivity contribution in [3.63, 3.8) is 0 Å². The molecule has 1 atom stereocenters. The number of nitrogens with zero attached hydrogens (tertiary/aromatic N) is 3. The summed E-state index contributed by atoms with van der Waals surface area (Å²) < 4.78 is 5.69. The fourth-order valence-electron chi connectivity index (χ4n) is 3.47. The molecule has 3 amide bonds. The molecule has 142 valence electrons. The van der Waals surface area contributed by atoms with Gasteiger partial charge in [-0.2, -0.15) is 0 Å². The van der Waals surface area contributed by atoms with Crippen LogP contribution in [0, 0.1) is 0 Å². The van der Waals surface area contributed by atoms with Gasteiger partial charge in [0, 0.05) is 58.1 Å². The molecule has 0 saturated carbocycles. The number of pyridine rings is 1. The van der Waals surface area contributed by atoms with Crippen LogP contribution in [0.1, 0.15) is 37.7 Å². The average molecular weight is 360 g/mol. The van der Waals surface area contributed by atoms with Crippen LogP contribution in [-0.4, -0.2) is 65.6 Å². The summed E-state index contributed by atoms with van der Waals surface area (Å²) >= 11 is 0. The number of likely N-dealkylation sites (tertiary alicyclic amines) is 1. The molecule has 2 fully saturated rings. The summed E-state index contributed by atoms with van der Waals surface area (Å²) in [5, 5.41) is 2.90. The number of urea groups is 1. The van der Waals surface area contributed by atoms with Gasteiger partial charge in [-0.1, -0.05) is 0 Å². The Morgan fingerprint density at radius 3 is 2.69 bits per heavy atom. The molecule has 0 aliphatic carbocycles. The van der Waals surface area contributed by atoms with E-state index in [0.29, 0.717) is 26.1 Å². The molecule has 1 N–H and O–H groups in total. The van der Waals surface area contributed by atoms with Crippen LogP contribution in [0.4, 0.5) is 4.79 Å². The molecule has 0 unspecified atom stereocenters. The van der Waals surface area contributed by atoms with E-state index in [0.717, 1.165) is 50.9 Å². The molecule has 0 radical (unpaired) electrons. The lowest BCUT2D eigenvalue weighted by Crippen LogP contribution is -2.44. The van der Waals surface area contributed by atoms with Gasteiger partial charge in [0.05, 0.1) is 6.10 Å².